The summed E-state index contributed by atoms with van der Waals surface area (Å²) >= 11 is 0. The Labute approximate surface area is 101 Å². The molecular formula is C13H19F3O. The van der Waals surface area contributed by atoms with E-state index in [-0.39, 0.29) is 0 Å². The van der Waals surface area contributed by atoms with E-state index in [1.807, 2.05) is 13.8 Å². The van der Waals surface area contributed by atoms with Gasteiger partial charge in [-0.15, -0.1) is 0 Å². The van der Waals surface area contributed by atoms with Crippen LogP contribution in [0.2, 0.25) is 0 Å². The molecule has 0 N–H and O–H groups in total. The minimum atomic E-state index is -3.67. The Bertz CT molecular complexity index is 324. The Morgan fingerprint density at radius 1 is 1.24 bits per heavy atom. The van der Waals surface area contributed by atoms with Crippen LogP contribution in [-0.4, -0.2) is 12.8 Å². The molecule has 0 fully saturated rings. The standard InChI is InChI=1S/C10H12O.C2H6.CHF3/c1-7-3-4-10-9(5-7)6-8(2)11-10;1-2;2-1(3)4/h3-5,8H,6H2,1-2H3;1-2H3;1H. The van der Waals surface area contributed by atoms with Gasteiger partial charge in [0.1, 0.15) is 11.9 Å². The fourth-order valence-electron chi connectivity index (χ4n) is 1.55. The lowest BCUT2D eigenvalue weighted by Gasteiger charge is -2.01. The maximum atomic E-state index is 9.67. The average Bonchev–Trinajstić information content (AvgIpc) is 2.59. The SMILES string of the molecule is CC.Cc1ccc2c(c1)CC(C)O2.FC(F)F. The van der Waals surface area contributed by atoms with E-state index < -0.39 is 6.68 Å². The van der Waals surface area contributed by atoms with E-state index in [4.69, 9.17) is 4.74 Å². The molecule has 1 atom stereocenters. The minimum Gasteiger partial charge on any atom is -0.490 e. The van der Waals surface area contributed by atoms with E-state index in [0.717, 1.165) is 12.2 Å². The van der Waals surface area contributed by atoms with Crippen LogP contribution in [0.3, 0.4) is 0 Å². The lowest BCUT2D eigenvalue weighted by molar-refractivity contribution is 0.00819. The van der Waals surface area contributed by atoms with Crippen LogP contribution in [0.25, 0.3) is 0 Å². The second kappa shape index (κ2) is 7.98. The molecule has 1 aliphatic heterocycles. The van der Waals surface area contributed by atoms with Gasteiger partial charge in [0.05, 0.1) is 0 Å². The van der Waals surface area contributed by atoms with Crippen molar-refractivity contribution in [3.63, 3.8) is 0 Å². The number of aryl methyl sites for hydroxylation is 1. The number of alkyl halides is 3. The van der Waals surface area contributed by atoms with Crippen molar-refractivity contribution in [1.82, 2.24) is 0 Å². The monoisotopic (exact) mass is 248 g/mol. The molecular weight excluding hydrogens is 229 g/mol. The Morgan fingerprint density at radius 3 is 2.29 bits per heavy atom. The van der Waals surface area contributed by atoms with Crippen molar-refractivity contribution >= 4 is 0 Å². The molecule has 2 rings (SSSR count). The molecule has 0 saturated carbocycles. The molecule has 1 aromatic carbocycles. The second-order valence-electron chi connectivity index (χ2n) is 3.49. The summed E-state index contributed by atoms with van der Waals surface area (Å²) in [6, 6.07) is 6.36. The number of rotatable bonds is 0. The summed E-state index contributed by atoms with van der Waals surface area (Å²) in [5, 5.41) is 0. The van der Waals surface area contributed by atoms with E-state index >= 15 is 0 Å². The number of benzene rings is 1. The van der Waals surface area contributed by atoms with Crippen molar-refractivity contribution in [3.05, 3.63) is 29.3 Å². The van der Waals surface area contributed by atoms with Gasteiger partial charge in [-0.1, -0.05) is 31.5 Å². The molecule has 0 aromatic heterocycles. The topological polar surface area (TPSA) is 9.23 Å². The molecule has 1 heterocycles. The van der Waals surface area contributed by atoms with Gasteiger partial charge in [0, 0.05) is 6.42 Å². The van der Waals surface area contributed by atoms with E-state index in [2.05, 4.69) is 32.0 Å². The molecule has 98 valence electrons. The highest BCUT2D eigenvalue weighted by atomic mass is 19.4. The molecule has 1 nitrogen and oxygen atoms in total. The van der Waals surface area contributed by atoms with Crippen LogP contribution in [0.4, 0.5) is 13.2 Å². The zero-order chi connectivity index (χ0) is 13.4. The Kier molecular flexibility index (Phi) is 7.42. The van der Waals surface area contributed by atoms with Gasteiger partial charge < -0.3 is 4.74 Å². The van der Waals surface area contributed by atoms with E-state index in [9.17, 15) is 13.2 Å². The van der Waals surface area contributed by atoms with Crippen molar-refractivity contribution in [2.24, 2.45) is 0 Å². The first kappa shape index (κ1) is 15.8. The lowest BCUT2D eigenvalue weighted by Crippen LogP contribution is -2.05. The van der Waals surface area contributed by atoms with Gasteiger partial charge in [-0.05, 0) is 25.5 Å². The van der Waals surface area contributed by atoms with Gasteiger partial charge in [-0.3, -0.25) is 0 Å². The molecule has 0 radical (unpaired) electrons. The van der Waals surface area contributed by atoms with Crippen LogP contribution >= 0.6 is 0 Å². The van der Waals surface area contributed by atoms with Gasteiger partial charge in [0.25, 0.3) is 0 Å². The molecule has 0 amide bonds. The van der Waals surface area contributed by atoms with Crippen molar-refractivity contribution < 1.29 is 17.9 Å². The number of fused-ring (bicyclic) bond motifs is 1. The maximum absolute atomic E-state index is 9.67. The normalized spacial score (nSPS) is 16.1. The third-order valence-corrected chi connectivity index (χ3v) is 2.05. The number of halogens is 3. The molecule has 0 aliphatic carbocycles. The van der Waals surface area contributed by atoms with E-state index in [1.54, 1.807) is 0 Å². The van der Waals surface area contributed by atoms with Crippen LogP contribution in [-0.2, 0) is 6.42 Å². The first-order chi connectivity index (χ1) is 7.99. The maximum Gasteiger partial charge on any atom is 0.379 e. The molecule has 1 aromatic rings. The zero-order valence-electron chi connectivity index (χ0n) is 10.6. The molecule has 17 heavy (non-hydrogen) atoms. The highest BCUT2D eigenvalue weighted by molar-refractivity contribution is 5.40. The fourth-order valence-corrected chi connectivity index (χ4v) is 1.55. The van der Waals surface area contributed by atoms with Gasteiger partial charge in [-0.2, -0.15) is 13.2 Å². The summed E-state index contributed by atoms with van der Waals surface area (Å²) in [5.74, 6) is 1.07. The largest absolute Gasteiger partial charge is 0.490 e. The van der Waals surface area contributed by atoms with Gasteiger partial charge in [-0.25, -0.2) is 0 Å². The summed E-state index contributed by atoms with van der Waals surface area (Å²) in [6.07, 6.45) is 1.43. The van der Waals surface area contributed by atoms with E-state index in [0.29, 0.717) is 6.10 Å². The lowest BCUT2D eigenvalue weighted by atomic mass is 10.1. The molecule has 4 heteroatoms. The first-order valence-electron chi connectivity index (χ1n) is 5.67. The Morgan fingerprint density at radius 2 is 1.76 bits per heavy atom. The van der Waals surface area contributed by atoms with Crippen molar-refractivity contribution in [2.45, 2.75) is 46.9 Å². The zero-order valence-corrected chi connectivity index (χ0v) is 10.6. The molecule has 1 unspecified atom stereocenters. The molecule has 0 bridgehead atoms. The fraction of sp³-hybridized carbons (Fsp3) is 0.538. The number of hydrogen-bond acceptors (Lipinski definition) is 1. The number of hydrogen-bond donors (Lipinski definition) is 0. The predicted octanol–water partition coefficient (Wildman–Crippen LogP) is 4.52. The Balaban J connectivity index is 0.000000368. The minimum absolute atomic E-state index is 0.367. The third kappa shape index (κ3) is 6.19. The summed E-state index contributed by atoms with van der Waals surface area (Å²) in [4.78, 5) is 0. The average molecular weight is 248 g/mol. The quantitative estimate of drug-likeness (QED) is 0.655. The van der Waals surface area contributed by atoms with E-state index in [1.165, 1.54) is 11.1 Å². The third-order valence-electron chi connectivity index (χ3n) is 2.05. The van der Waals surface area contributed by atoms with Gasteiger partial charge in [0.2, 0.25) is 0 Å². The molecule has 0 spiro atoms. The van der Waals surface area contributed by atoms with Crippen LogP contribution in [0, 0.1) is 6.92 Å². The van der Waals surface area contributed by atoms with Gasteiger partial charge >= 0.3 is 6.68 Å². The second-order valence-corrected chi connectivity index (χ2v) is 3.49. The van der Waals surface area contributed by atoms with Crippen LogP contribution in [0.5, 0.6) is 5.75 Å². The highest BCUT2D eigenvalue weighted by Gasteiger charge is 2.17. The smallest absolute Gasteiger partial charge is 0.379 e. The van der Waals surface area contributed by atoms with Crippen molar-refractivity contribution in [2.75, 3.05) is 0 Å². The summed E-state index contributed by atoms with van der Waals surface area (Å²) < 4.78 is 34.6. The predicted molar refractivity (Wildman–Crippen MR) is 63.4 cm³/mol. The first-order valence-corrected chi connectivity index (χ1v) is 5.67. The van der Waals surface area contributed by atoms with Crippen LogP contribution in [0.15, 0.2) is 18.2 Å². The van der Waals surface area contributed by atoms with Crippen LogP contribution < -0.4 is 4.74 Å². The summed E-state index contributed by atoms with van der Waals surface area (Å²) in [7, 11) is 0. The Hall–Kier alpha value is -1.19. The highest BCUT2D eigenvalue weighted by Crippen LogP contribution is 2.28. The van der Waals surface area contributed by atoms with Crippen LogP contribution in [0.1, 0.15) is 31.9 Å². The summed E-state index contributed by atoms with van der Waals surface area (Å²) in [6.45, 7) is 4.55. The molecule has 1 aliphatic rings. The van der Waals surface area contributed by atoms with Crippen molar-refractivity contribution in [1.29, 1.82) is 0 Å². The number of ether oxygens (including phenoxy) is 1. The van der Waals surface area contributed by atoms with Gasteiger partial charge in [0.15, 0.2) is 0 Å². The molecule has 0 saturated heterocycles. The summed E-state index contributed by atoms with van der Waals surface area (Å²) in [5.41, 5.74) is 2.68. The van der Waals surface area contributed by atoms with Crippen molar-refractivity contribution in [3.8, 4) is 5.75 Å².